The fraction of sp³-hybridized carbons (Fsp3) is 0.400. The first-order valence-electron chi connectivity index (χ1n) is 4.69. The van der Waals surface area contributed by atoms with Gasteiger partial charge in [0.25, 0.3) is 0 Å². The number of rotatable bonds is 2. The van der Waals surface area contributed by atoms with E-state index in [-0.39, 0.29) is 17.4 Å². The van der Waals surface area contributed by atoms with Crippen molar-refractivity contribution in [3.8, 4) is 0 Å². The first kappa shape index (κ1) is 10.6. The van der Waals surface area contributed by atoms with Crippen LogP contribution in [0, 0.1) is 5.82 Å². The summed E-state index contributed by atoms with van der Waals surface area (Å²) in [6.45, 7) is 0. The van der Waals surface area contributed by atoms with Crippen molar-refractivity contribution in [3.05, 3.63) is 35.6 Å². The van der Waals surface area contributed by atoms with Gasteiger partial charge in [-0.1, -0.05) is 18.2 Å². The summed E-state index contributed by atoms with van der Waals surface area (Å²) < 4.78 is 36.5. The smallest absolute Gasteiger partial charge is 0.160 e. The van der Waals surface area contributed by atoms with Crippen molar-refractivity contribution in [1.82, 2.24) is 5.32 Å². The summed E-state index contributed by atoms with van der Waals surface area (Å²) in [5.74, 6) is -0.367. The molecule has 2 unspecified atom stereocenters. The van der Waals surface area contributed by atoms with Gasteiger partial charge in [-0.05, 0) is 13.1 Å². The monoisotopic (exact) mass is 229 g/mol. The molecule has 1 fully saturated rings. The molecule has 5 heteroatoms. The van der Waals surface area contributed by atoms with Crippen LogP contribution in [-0.2, 0) is 9.84 Å². The molecule has 3 nitrogen and oxygen atoms in total. The van der Waals surface area contributed by atoms with Gasteiger partial charge in [-0.15, -0.1) is 0 Å². The molecule has 2 rings (SSSR count). The molecule has 82 valence electrons. The Bertz CT molecular complexity index is 472. The van der Waals surface area contributed by atoms with Gasteiger partial charge in [0.05, 0.1) is 5.75 Å². The zero-order valence-corrected chi connectivity index (χ0v) is 9.09. The maximum Gasteiger partial charge on any atom is 0.160 e. The number of sulfone groups is 1. The molecule has 1 aromatic rings. The number of nitrogens with one attached hydrogen (secondary N) is 1. The van der Waals surface area contributed by atoms with Gasteiger partial charge in [0, 0.05) is 11.6 Å². The molecular formula is C10H12FNO2S. The van der Waals surface area contributed by atoms with Crippen LogP contribution in [0.2, 0.25) is 0 Å². The van der Waals surface area contributed by atoms with Gasteiger partial charge >= 0.3 is 0 Å². The molecule has 0 aliphatic carbocycles. The van der Waals surface area contributed by atoms with Crippen LogP contribution in [0.1, 0.15) is 10.8 Å². The Morgan fingerprint density at radius 3 is 2.60 bits per heavy atom. The molecule has 0 radical (unpaired) electrons. The summed E-state index contributed by atoms with van der Waals surface area (Å²) in [6.07, 6.45) is 0. The lowest BCUT2D eigenvalue weighted by Gasteiger charge is -2.36. The Kier molecular flexibility index (Phi) is 2.52. The summed E-state index contributed by atoms with van der Waals surface area (Å²) in [5, 5.41) is 2.15. The van der Waals surface area contributed by atoms with Crippen LogP contribution in [0.3, 0.4) is 0 Å². The third kappa shape index (κ3) is 1.66. The van der Waals surface area contributed by atoms with Crippen LogP contribution >= 0.6 is 0 Å². The predicted octanol–water partition coefficient (Wildman–Crippen LogP) is 0.883. The Morgan fingerprint density at radius 1 is 1.40 bits per heavy atom. The highest BCUT2D eigenvalue weighted by Gasteiger charge is 2.47. The van der Waals surface area contributed by atoms with Gasteiger partial charge in [0.2, 0.25) is 0 Å². The van der Waals surface area contributed by atoms with Crippen LogP contribution < -0.4 is 5.32 Å². The van der Waals surface area contributed by atoms with E-state index < -0.39 is 20.9 Å². The molecule has 1 aliphatic heterocycles. The lowest BCUT2D eigenvalue weighted by atomic mass is 10.1. The quantitative estimate of drug-likeness (QED) is 0.819. The van der Waals surface area contributed by atoms with Gasteiger partial charge in [0.1, 0.15) is 11.1 Å². The standard InChI is InChI=1S/C10H12FNO2S/c1-12-9-6-15(13,14)10(9)7-4-2-3-5-8(7)11/h2-5,9-10,12H,6H2,1H3. The number of halogens is 1. The average molecular weight is 229 g/mol. The fourth-order valence-electron chi connectivity index (χ4n) is 1.92. The molecule has 0 amide bonds. The van der Waals surface area contributed by atoms with E-state index in [1.807, 2.05) is 0 Å². The van der Waals surface area contributed by atoms with Gasteiger partial charge in [-0.25, -0.2) is 12.8 Å². The first-order valence-corrected chi connectivity index (χ1v) is 6.41. The SMILES string of the molecule is CNC1CS(=O)(=O)C1c1ccccc1F. The second-order valence-electron chi connectivity index (χ2n) is 3.67. The van der Waals surface area contributed by atoms with Gasteiger partial charge in [0.15, 0.2) is 9.84 Å². The molecule has 0 bridgehead atoms. The number of hydrogen-bond donors (Lipinski definition) is 1. The largest absolute Gasteiger partial charge is 0.314 e. The lowest BCUT2D eigenvalue weighted by Crippen LogP contribution is -2.52. The van der Waals surface area contributed by atoms with E-state index in [0.717, 1.165) is 0 Å². The van der Waals surface area contributed by atoms with E-state index in [2.05, 4.69) is 5.32 Å². The highest BCUT2D eigenvalue weighted by molar-refractivity contribution is 7.93. The maximum atomic E-state index is 13.4. The average Bonchev–Trinajstić information content (AvgIpc) is 2.18. The van der Waals surface area contributed by atoms with Crippen molar-refractivity contribution in [3.63, 3.8) is 0 Å². The van der Waals surface area contributed by atoms with E-state index in [0.29, 0.717) is 0 Å². The first-order chi connectivity index (χ1) is 7.06. The van der Waals surface area contributed by atoms with Crippen LogP contribution in [0.25, 0.3) is 0 Å². The van der Waals surface area contributed by atoms with Crippen molar-refractivity contribution in [1.29, 1.82) is 0 Å². The summed E-state index contributed by atoms with van der Waals surface area (Å²) in [7, 11) is -1.47. The summed E-state index contributed by atoms with van der Waals surface area (Å²) >= 11 is 0. The second kappa shape index (κ2) is 3.57. The number of hydrogen-bond acceptors (Lipinski definition) is 3. The second-order valence-corrected chi connectivity index (χ2v) is 5.83. The molecule has 1 heterocycles. The minimum absolute atomic E-state index is 0.0858. The Morgan fingerprint density at radius 2 is 2.07 bits per heavy atom. The van der Waals surface area contributed by atoms with Crippen molar-refractivity contribution in [2.45, 2.75) is 11.3 Å². The van der Waals surface area contributed by atoms with Gasteiger partial charge in [-0.3, -0.25) is 0 Å². The molecule has 1 aromatic carbocycles. The Hall–Kier alpha value is -0.940. The molecule has 1 N–H and O–H groups in total. The summed E-state index contributed by atoms with van der Waals surface area (Å²) in [4.78, 5) is 0. The van der Waals surface area contributed by atoms with Crippen molar-refractivity contribution in [2.24, 2.45) is 0 Å². The zero-order chi connectivity index (χ0) is 11.1. The topological polar surface area (TPSA) is 46.2 Å². The highest BCUT2D eigenvalue weighted by Crippen LogP contribution is 2.37. The Labute approximate surface area is 88.2 Å². The van der Waals surface area contributed by atoms with Crippen molar-refractivity contribution >= 4 is 9.84 Å². The van der Waals surface area contributed by atoms with Crippen LogP contribution in [0.5, 0.6) is 0 Å². The fourth-order valence-corrected chi connectivity index (χ4v) is 3.94. The van der Waals surface area contributed by atoms with E-state index >= 15 is 0 Å². The van der Waals surface area contributed by atoms with Crippen molar-refractivity contribution in [2.75, 3.05) is 12.8 Å². The molecule has 0 spiro atoms. The number of benzene rings is 1. The van der Waals surface area contributed by atoms with Gasteiger partial charge in [-0.2, -0.15) is 0 Å². The summed E-state index contributed by atoms with van der Waals surface area (Å²) in [6, 6.07) is 5.85. The normalized spacial score (nSPS) is 28.4. The molecule has 15 heavy (non-hydrogen) atoms. The molecule has 2 atom stereocenters. The molecule has 1 saturated heterocycles. The molecule has 1 aliphatic rings. The summed E-state index contributed by atoms with van der Waals surface area (Å²) in [5.41, 5.74) is 0.267. The maximum absolute atomic E-state index is 13.4. The third-order valence-corrected chi connectivity index (χ3v) is 4.93. The molecular weight excluding hydrogens is 217 g/mol. The van der Waals surface area contributed by atoms with Crippen LogP contribution in [0.15, 0.2) is 24.3 Å². The Balaban J connectivity index is 2.42. The van der Waals surface area contributed by atoms with Crippen LogP contribution in [0.4, 0.5) is 4.39 Å². The highest BCUT2D eigenvalue weighted by atomic mass is 32.2. The predicted molar refractivity (Wildman–Crippen MR) is 55.8 cm³/mol. The zero-order valence-electron chi connectivity index (χ0n) is 8.27. The lowest BCUT2D eigenvalue weighted by molar-refractivity contribution is 0.470. The van der Waals surface area contributed by atoms with E-state index in [1.54, 1.807) is 19.2 Å². The van der Waals surface area contributed by atoms with Crippen LogP contribution in [-0.4, -0.2) is 27.3 Å². The minimum atomic E-state index is -3.16. The molecule has 0 aromatic heterocycles. The van der Waals surface area contributed by atoms with Crippen molar-refractivity contribution < 1.29 is 12.8 Å². The minimum Gasteiger partial charge on any atom is -0.314 e. The van der Waals surface area contributed by atoms with E-state index in [9.17, 15) is 12.8 Å². The van der Waals surface area contributed by atoms with Gasteiger partial charge < -0.3 is 5.32 Å². The van der Waals surface area contributed by atoms with E-state index in [1.165, 1.54) is 12.1 Å². The third-order valence-electron chi connectivity index (χ3n) is 2.75. The molecule has 0 saturated carbocycles. The van der Waals surface area contributed by atoms with E-state index in [4.69, 9.17) is 0 Å². The number of likely N-dealkylation sites (N-methyl/N-ethyl adjacent to an activating group) is 1.